The summed E-state index contributed by atoms with van der Waals surface area (Å²) < 4.78 is 0. The Morgan fingerprint density at radius 1 is 1.33 bits per heavy atom. The summed E-state index contributed by atoms with van der Waals surface area (Å²) in [5.74, 6) is 0.632. The van der Waals surface area contributed by atoms with Crippen LogP contribution in [0, 0.1) is 23.0 Å². The van der Waals surface area contributed by atoms with Crippen LogP contribution in [0.4, 0.5) is 11.4 Å². The first-order valence-electron chi connectivity index (χ1n) is 7.37. The first-order chi connectivity index (χ1) is 10.0. The van der Waals surface area contributed by atoms with E-state index < -0.39 is 0 Å². The maximum absolute atomic E-state index is 11.0. The lowest BCUT2D eigenvalue weighted by atomic mass is 10.0. The number of aryl methyl sites for hydroxylation is 1. The van der Waals surface area contributed by atoms with Crippen molar-refractivity contribution in [3.63, 3.8) is 0 Å². The zero-order chi connectivity index (χ0) is 15.0. The van der Waals surface area contributed by atoms with Crippen molar-refractivity contribution in [2.75, 3.05) is 5.32 Å². The molecule has 5 heteroatoms. The number of anilines is 1. The van der Waals surface area contributed by atoms with Crippen LogP contribution >= 0.6 is 0 Å². The maximum atomic E-state index is 11.0. The van der Waals surface area contributed by atoms with Gasteiger partial charge in [-0.2, -0.15) is 0 Å². The van der Waals surface area contributed by atoms with Crippen molar-refractivity contribution in [1.29, 1.82) is 0 Å². The lowest BCUT2D eigenvalue weighted by molar-refractivity contribution is -0.384. The van der Waals surface area contributed by atoms with E-state index in [1.165, 1.54) is 18.9 Å². The van der Waals surface area contributed by atoms with Crippen LogP contribution in [0.1, 0.15) is 31.9 Å². The Labute approximate surface area is 123 Å². The van der Waals surface area contributed by atoms with E-state index in [-0.39, 0.29) is 10.6 Å². The Morgan fingerprint density at radius 2 is 2.14 bits per heavy atom. The summed E-state index contributed by atoms with van der Waals surface area (Å²) in [7, 11) is 0. The Balaban J connectivity index is 2.06. The average Bonchev–Trinajstić information content (AvgIpc) is 2.83. The summed E-state index contributed by atoms with van der Waals surface area (Å²) in [4.78, 5) is 15.1. The van der Waals surface area contributed by atoms with Gasteiger partial charge in [-0.3, -0.25) is 15.1 Å². The highest BCUT2D eigenvalue weighted by atomic mass is 16.6. The quantitative estimate of drug-likeness (QED) is 0.682. The Bertz CT molecular complexity index is 699. The van der Waals surface area contributed by atoms with Crippen LogP contribution in [0.3, 0.4) is 0 Å². The van der Waals surface area contributed by atoms with E-state index >= 15 is 0 Å². The van der Waals surface area contributed by atoms with Gasteiger partial charge in [-0.1, -0.05) is 13.3 Å². The maximum Gasteiger partial charge on any atom is 0.270 e. The van der Waals surface area contributed by atoms with Gasteiger partial charge in [0, 0.05) is 34.9 Å². The molecule has 5 nitrogen and oxygen atoms in total. The fourth-order valence-electron chi connectivity index (χ4n) is 3.14. The van der Waals surface area contributed by atoms with E-state index in [0.717, 1.165) is 28.7 Å². The topological polar surface area (TPSA) is 68.1 Å². The molecule has 1 saturated carbocycles. The number of pyridine rings is 1. The predicted molar refractivity (Wildman–Crippen MR) is 83.6 cm³/mol. The molecule has 0 saturated heterocycles. The Hall–Kier alpha value is -2.17. The minimum Gasteiger partial charge on any atom is -0.381 e. The zero-order valence-electron chi connectivity index (χ0n) is 12.3. The first-order valence-corrected chi connectivity index (χ1v) is 7.37. The minimum atomic E-state index is -0.360. The van der Waals surface area contributed by atoms with Crippen molar-refractivity contribution in [3.8, 4) is 0 Å². The minimum absolute atomic E-state index is 0.107. The Morgan fingerprint density at radius 3 is 2.81 bits per heavy atom. The summed E-state index contributed by atoms with van der Waals surface area (Å²) >= 11 is 0. The van der Waals surface area contributed by atoms with Crippen LogP contribution in [-0.2, 0) is 0 Å². The van der Waals surface area contributed by atoms with Crippen molar-refractivity contribution in [1.82, 2.24) is 4.98 Å². The van der Waals surface area contributed by atoms with Crippen molar-refractivity contribution in [2.45, 2.75) is 39.2 Å². The third-order valence-corrected chi connectivity index (χ3v) is 4.33. The van der Waals surface area contributed by atoms with E-state index in [4.69, 9.17) is 0 Å². The zero-order valence-corrected chi connectivity index (χ0v) is 12.3. The fraction of sp³-hybridized carbons (Fsp3) is 0.438. The van der Waals surface area contributed by atoms with Gasteiger partial charge in [0.1, 0.15) is 0 Å². The number of nitro benzene ring substituents is 1. The van der Waals surface area contributed by atoms with Gasteiger partial charge in [-0.05, 0) is 37.8 Å². The summed E-state index contributed by atoms with van der Waals surface area (Å²) in [6.45, 7) is 4.20. The van der Waals surface area contributed by atoms with Gasteiger partial charge in [0.2, 0.25) is 0 Å². The number of hydrogen-bond acceptors (Lipinski definition) is 4. The smallest absolute Gasteiger partial charge is 0.270 e. The summed E-state index contributed by atoms with van der Waals surface area (Å²) in [5, 5.41) is 15.4. The molecule has 0 radical (unpaired) electrons. The molecular formula is C16H19N3O2. The molecule has 2 unspecified atom stereocenters. The largest absolute Gasteiger partial charge is 0.381 e. The fourth-order valence-corrected chi connectivity index (χ4v) is 3.14. The SMILES string of the molecule is Cc1cc(NC2CCCC2C)c2cc([N+](=O)[O-])ccc2n1. The monoisotopic (exact) mass is 285 g/mol. The predicted octanol–water partition coefficient (Wildman–Crippen LogP) is 4.05. The second-order valence-corrected chi connectivity index (χ2v) is 5.93. The second kappa shape index (κ2) is 5.31. The lowest BCUT2D eigenvalue weighted by Gasteiger charge is -2.20. The van der Waals surface area contributed by atoms with E-state index in [9.17, 15) is 10.1 Å². The van der Waals surface area contributed by atoms with Crippen molar-refractivity contribution >= 4 is 22.3 Å². The number of fused-ring (bicyclic) bond motifs is 1. The normalized spacial score (nSPS) is 21.6. The Kier molecular flexibility index (Phi) is 3.49. The molecule has 1 heterocycles. The summed E-state index contributed by atoms with van der Waals surface area (Å²) in [5.41, 5.74) is 2.79. The van der Waals surface area contributed by atoms with Crippen molar-refractivity contribution < 1.29 is 4.92 Å². The molecule has 1 aliphatic carbocycles. The molecule has 1 aromatic carbocycles. The highest BCUT2D eigenvalue weighted by molar-refractivity contribution is 5.93. The number of benzene rings is 1. The average molecular weight is 285 g/mol. The molecule has 110 valence electrons. The molecular weight excluding hydrogens is 266 g/mol. The van der Waals surface area contributed by atoms with Crippen LogP contribution in [0.15, 0.2) is 24.3 Å². The van der Waals surface area contributed by atoms with Crippen LogP contribution in [0.25, 0.3) is 10.9 Å². The number of hydrogen-bond donors (Lipinski definition) is 1. The molecule has 1 aliphatic rings. The van der Waals surface area contributed by atoms with Gasteiger partial charge < -0.3 is 5.32 Å². The van der Waals surface area contributed by atoms with Gasteiger partial charge in [0.25, 0.3) is 5.69 Å². The summed E-state index contributed by atoms with van der Waals surface area (Å²) in [6, 6.07) is 7.27. The number of aromatic nitrogens is 1. The van der Waals surface area contributed by atoms with Gasteiger partial charge in [-0.15, -0.1) is 0 Å². The van der Waals surface area contributed by atoms with Crippen LogP contribution in [0.2, 0.25) is 0 Å². The number of nitro groups is 1. The molecule has 2 aromatic rings. The van der Waals surface area contributed by atoms with Crippen molar-refractivity contribution in [3.05, 3.63) is 40.1 Å². The molecule has 1 fully saturated rings. The summed E-state index contributed by atoms with van der Waals surface area (Å²) in [6.07, 6.45) is 3.62. The van der Waals surface area contributed by atoms with Gasteiger partial charge >= 0.3 is 0 Å². The van der Waals surface area contributed by atoms with Gasteiger partial charge in [0.05, 0.1) is 10.4 Å². The molecule has 1 N–H and O–H groups in total. The number of nitrogens with zero attached hydrogens (tertiary/aromatic N) is 2. The first kappa shape index (κ1) is 13.8. The van der Waals surface area contributed by atoms with Gasteiger partial charge in [-0.25, -0.2) is 0 Å². The van der Waals surface area contributed by atoms with E-state index in [2.05, 4.69) is 17.2 Å². The third kappa shape index (κ3) is 2.68. The molecule has 3 rings (SSSR count). The highest BCUT2D eigenvalue weighted by Gasteiger charge is 2.24. The molecule has 0 amide bonds. The number of non-ortho nitro benzene ring substituents is 1. The van der Waals surface area contributed by atoms with Crippen LogP contribution in [-0.4, -0.2) is 15.9 Å². The molecule has 0 spiro atoms. The molecule has 1 aromatic heterocycles. The highest BCUT2D eigenvalue weighted by Crippen LogP contribution is 2.32. The molecule has 2 atom stereocenters. The van der Waals surface area contributed by atoms with E-state index in [1.54, 1.807) is 12.1 Å². The van der Waals surface area contributed by atoms with E-state index in [1.807, 2.05) is 13.0 Å². The number of rotatable bonds is 3. The standard InChI is InChI=1S/C16H19N3O2/c1-10-4-3-5-14(10)18-16-8-11(2)17-15-7-6-12(19(20)21)9-13(15)16/h6-10,14H,3-5H2,1-2H3,(H,17,18). The van der Waals surface area contributed by atoms with Crippen LogP contribution < -0.4 is 5.32 Å². The van der Waals surface area contributed by atoms with Gasteiger partial charge in [0.15, 0.2) is 0 Å². The molecule has 21 heavy (non-hydrogen) atoms. The second-order valence-electron chi connectivity index (χ2n) is 5.93. The number of nitrogens with one attached hydrogen (secondary N) is 1. The third-order valence-electron chi connectivity index (χ3n) is 4.33. The van der Waals surface area contributed by atoms with E-state index in [0.29, 0.717) is 12.0 Å². The van der Waals surface area contributed by atoms with Crippen molar-refractivity contribution in [2.24, 2.45) is 5.92 Å². The molecule has 0 aliphatic heterocycles. The van der Waals surface area contributed by atoms with Crippen LogP contribution in [0.5, 0.6) is 0 Å². The lowest BCUT2D eigenvalue weighted by Crippen LogP contribution is -2.22. The molecule has 0 bridgehead atoms.